The molecule has 0 spiro atoms. The van der Waals surface area contributed by atoms with E-state index in [2.05, 4.69) is 15.9 Å². The van der Waals surface area contributed by atoms with Gasteiger partial charge in [0.1, 0.15) is 5.75 Å². The van der Waals surface area contributed by atoms with Crippen LogP contribution in [0.15, 0.2) is 97.1 Å². The molecular weight excluding hydrogens is 598 g/mol. The van der Waals surface area contributed by atoms with Crippen LogP contribution in [0.3, 0.4) is 0 Å². The molecule has 4 aliphatic rings. The van der Waals surface area contributed by atoms with Gasteiger partial charge in [-0.05, 0) is 64.7 Å². The standard InChI is InChI=1S/C34H24BrNO6/c1-41-22-15-13-19(14-16-22)27(37)18-42-33(40)20-7-6-8-21(17-20)36-31(38)29-28-23-9-2-4-11-25(23)34(35,30(29)32(36)39)26-12-5-3-10-24(26)28/h2-17,28-30H,18H2,1H3. The molecule has 4 aromatic rings. The highest BCUT2D eigenvalue weighted by Gasteiger charge is 2.67. The quantitative estimate of drug-likeness (QED) is 0.120. The number of rotatable bonds is 6. The Morgan fingerprint density at radius 2 is 1.45 bits per heavy atom. The number of ether oxygens (including phenoxy) is 2. The topological polar surface area (TPSA) is 90.0 Å². The molecule has 7 nitrogen and oxygen atoms in total. The van der Waals surface area contributed by atoms with Crippen molar-refractivity contribution in [2.45, 2.75) is 10.2 Å². The summed E-state index contributed by atoms with van der Waals surface area (Å²) in [7, 11) is 1.53. The summed E-state index contributed by atoms with van der Waals surface area (Å²) in [5.41, 5.74) is 4.88. The number of Topliss-reactive ketones (excluding diaryl/α,β-unsaturated/α-hetero) is 1. The summed E-state index contributed by atoms with van der Waals surface area (Å²) in [4.78, 5) is 55.0. The molecule has 3 aliphatic carbocycles. The van der Waals surface area contributed by atoms with E-state index in [1.54, 1.807) is 36.4 Å². The lowest BCUT2D eigenvalue weighted by Gasteiger charge is -2.51. The number of anilines is 1. The molecule has 2 bridgehead atoms. The summed E-state index contributed by atoms with van der Waals surface area (Å²) >= 11 is 3.99. The predicted molar refractivity (Wildman–Crippen MR) is 158 cm³/mol. The second-order valence-electron chi connectivity index (χ2n) is 10.7. The molecule has 2 amide bonds. The minimum absolute atomic E-state index is 0.133. The van der Waals surface area contributed by atoms with E-state index < -0.39 is 28.7 Å². The molecule has 0 N–H and O–H groups in total. The Kier molecular flexibility index (Phi) is 6.13. The summed E-state index contributed by atoms with van der Waals surface area (Å²) in [6, 6.07) is 28.7. The van der Waals surface area contributed by atoms with Crippen LogP contribution >= 0.6 is 15.9 Å². The normalized spacial score (nSPS) is 23.2. The molecule has 4 aromatic carbocycles. The van der Waals surface area contributed by atoms with Crippen LogP contribution in [0.1, 0.15) is 48.9 Å². The second kappa shape index (κ2) is 9.77. The molecule has 2 unspecified atom stereocenters. The van der Waals surface area contributed by atoms with Gasteiger partial charge in [-0.25, -0.2) is 9.69 Å². The van der Waals surface area contributed by atoms with Gasteiger partial charge in [0.25, 0.3) is 0 Å². The highest BCUT2D eigenvalue weighted by molar-refractivity contribution is 9.09. The lowest BCUT2D eigenvalue weighted by Crippen LogP contribution is -2.50. The Morgan fingerprint density at radius 3 is 2.10 bits per heavy atom. The number of amides is 2. The smallest absolute Gasteiger partial charge is 0.338 e. The molecular formula is C34H24BrNO6. The van der Waals surface area contributed by atoms with Gasteiger partial charge in [0.05, 0.1) is 34.5 Å². The summed E-state index contributed by atoms with van der Waals surface area (Å²) in [6.07, 6.45) is 0. The SMILES string of the molecule is COc1ccc(C(=O)COC(=O)c2cccc(N3C(=O)C4C5c6ccccc6C(Br)(c6ccccc65)C4C3=O)c2)cc1. The van der Waals surface area contributed by atoms with E-state index in [1.807, 2.05) is 48.5 Å². The Morgan fingerprint density at radius 1 is 0.810 bits per heavy atom. The van der Waals surface area contributed by atoms with Gasteiger partial charge in [0.2, 0.25) is 11.8 Å². The Bertz CT molecular complexity index is 1750. The molecule has 0 aromatic heterocycles. The Balaban J connectivity index is 1.18. The zero-order valence-corrected chi connectivity index (χ0v) is 24.0. The number of carbonyl (C=O) groups excluding carboxylic acids is 4. The summed E-state index contributed by atoms with van der Waals surface area (Å²) in [5.74, 6) is -2.63. The number of imide groups is 1. The van der Waals surface area contributed by atoms with Crippen molar-refractivity contribution in [3.63, 3.8) is 0 Å². The first-order chi connectivity index (χ1) is 20.3. The van der Waals surface area contributed by atoms with Crippen LogP contribution in [0.4, 0.5) is 5.69 Å². The monoisotopic (exact) mass is 621 g/mol. The van der Waals surface area contributed by atoms with Gasteiger partial charge in [0.15, 0.2) is 12.4 Å². The summed E-state index contributed by atoms with van der Waals surface area (Å²) < 4.78 is 9.54. The van der Waals surface area contributed by atoms with Crippen LogP contribution in [-0.4, -0.2) is 37.3 Å². The van der Waals surface area contributed by atoms with Crippen molar-refractivity contribution in [3.8, 4) is 5.75 Å². The van der Waals surface area contributed by atoms with Crippen molar-refractivity contribution in [2.75, 3.05) is 18.6 Å². The molecule has 1 aliphatic heterocycles. The average molecular weight is 622 g/mol. The molecule has 1 saturated heterocycles. The lowest BCUT2D eigenvalue weighted by molar-refractivity contribution is -0.122. The van der Waals surface area contributed by atoms with Gasteiger partial charge in [-0.2, -0.15) is 0 Å². The average Bonchev–Trinajstić information content (AvgIpc) is 3.30. The third kappa shape index (κ3) is 3.71. The van der Waals surface area contributed by atoms with E-state index in [0.717, 1.165) is 22.3 Å². The maximum absolute atomic E-state index is 14.2. The number of alkyl halides is 1. The van der Waals surface area contributed by atoms with Crippen LogP contribution in [0, 0.1) is 11.8 Å². The fraction of sp³-hybridized carbons (Fsp3) is 0.176. The maximum Gasteiger partial charge on any atom is 0.338 e. The number of esters is 1. The maximum atomic E-state index is 14.2. The zero-order chi connectivity index (χ0) is 29.2. The number of carbonyl (C=O) groups is 4. The molecule has 208 valence electrons. The van der Waals surface area contributed by atoms with Crippen molar-refractivity contribution in [2.24, 2.45) is 11.8 Å². The molecule has 8 rings (SSSR count). The second-order valence-corrected chi connectivity index (χ2v) is 11.9. The van der Waals surface area contributed by atoms with Gasteiger partial charge in [-0.15, -0.1) is 0 Å². The van der Waals surface area contributed by atoms with Crippen LogP contribution < -0.4 is 9.64 Å². The van der Waals surface area contributed by atoms with Gasteiger partial charge in [-0.3, -0.25) is 14.4 Å². The molecule has 42 heavy (non-hydrogen) atoms. The largest absolute Gasteiger partial charge is 0.497 e. The number of methoxy groups -OCH3 is 1. The molecule has 0 saturated carbocycles. The molecule has 2 atom stereocenters. The number of hydrogen-bond acceptors (Lipinski definition) is 6. The first-order valence-corrected chi connectivity index (χ1v) is 14.3. The van der Waals surface area contributed by atoms with Gasteiger partial charge >= 0.3 is 5.97 Å². The van der Waals surface area contributed by atoms with Crippen LogP contribution in [0.5, 0.6) is 5.75 Å². The van der Waals surface area contributed by atoms with Crippen molar-refractivity contribution in [1.82, 2.24) is 0 Å². The fourth-order valence-corrected chi connectivity index (χ4v) is 7.98. The Labute approximate surface area is 250 Å². The van der Waals surface area contributed by atoms with Gasteiger partial charge in [0, 0.05) is 11.5 Å². The van der Waals surface area contributed by atoms with Crippen molar-refractivity contribution in [3.05, 3.63) is 130 Å². The van der Waals surface area contributed by atoms with Crippen LogP contribution in [-0.2, 0) is 18.7 Å². The summed E-state index contributed by atoms with van der Waals surface area (Å²) in [6.45, 7) is -0.453. The van der Waals surface area contributed by atoms with E-state index in [-0.39, 0.29) is 29.1 Å². The van der Waals surface area contributed by atoms with Gasteiger partial charge in [-0.1, -0.05) is 70.5 Å². The third-order valence-corrected chi connectivity index (χ3v) is 9.95. The van der Waals surface area contributed by atoms with Gasteiger partial charge < -0.3 is 9.47 Å². The van der Waals surface area contributed by atoms with Crippen molar-refractivity contribution in [1.29, 1.82) is 0 Å². The van der Waals surface area contributed by atoms with Crippen LogP contribution in [0.2, 0.25) is 0 Å². The number of nitrogens with zero attached hydrogens (tertiary/aromatic N) is 1. The molecule has 0 radical (unpaired) electrons. The zero-order valence-electron chi connectivity index (χ0n) is 22.5. The third-order valence-electron chi connectivity index (χ3n) is 8.60. The first-order valence-electron chi connectivity index (χ1n) is 13.5. The number of halogens is 1. The van der Waals surface area contributed by atoms with E-state index >= 15 is 0 Å². The van der Waals surface area contributed by atoms with E-state index in [9.17, 15) is 19.2 Å². The fourth-order valence-electron chi connectivity index (χ4n) is 6.78. The number of hydrogen-bond donors (Lipinski definition) is 0. The van der Waals surface area contributed by atoms with Crippen LogP contribution in [0.25, 0.3) is 0 Å². The van der Waals surface area contributed by atoms with E-state index in [0.29, 0.717) is 17.0 Å². The van der Waals surface area contributed by atoms with Crippen molar-refractivity contribution < 1.29 is 28.7 Å². The highest BCUT2D eigenvalue weighted by Crippen LogP contribution is 2.66. The minimum atomic E-state index is -0.862. The molecule has 1 fully saturated rings. The van der Waals surface area contributed by atoms with E-state index in [1.165, 1.54) is 24.1 Å². The minimum Gasteiger partial charge on any atom is -0.497 e. The Hall–Kier alpha value is -4.56. The van der Waals surface area contributed by atoms with E-state index in [4.69, 9.17) is 9.47 Å². The molecule has 1 heterocycles. The van der Waals surface area contributed by atoms with Crippen molar-refractivity contribution >= 4 is 45.2 Å². The molecule has 8 heteroatoms. The number of benzene rings is 4. The number of ketones is 1. The predicted octanol–water partition coefficient (Wildman–Crippen LogP) is 5.64. The summed E-state index contributed by atoms with van der Waals surface area (Å²) in [5, 5.41) is 0. The lowest BCUT2D eigenvalue weighted by atomic mass is 9.55. The highest BCUT2D eigenvalue weighted by atomic mass is 79.9. The first kappa shape index (κ1) is 26.3.